The number of nitrogens with one attached hydrogen (secondary N) is 2. The van der Waals surface area contributed by atoms with Gasteiger partial charge in [-0.1, -0.05) is 24.3 Å². The first-order valence-electron chi connectivity index (χ1n) is 8.26. The SMILES string of the molecule is COc1ccc(CNc2ccc(NS(=O)(=O)c3cccc(C)c3)nn2)cc1. The third-order valence-corrected chi connectivity index (χ3v) is 5.19. The van der Waals surface area contributed by atoms with Crippen molar-refractivity contribution >= 4 is 21.7 Å². The summed E-state index contributed by atoms with van der Waals surface area (Å²) in [6.07, 6.45) is 0. The highest BCUT2D eigenvalue weighted by Crippen LogP contribution is 2.16. The van der Waals surface area contributed by atoms with Crippen molar-refractivity contribution in [3.8, 4) is 5.75 Å². The average Bonchev–Trinajstić information content (AvgIpc) is 2.67. The Bertz CT molecular complexity index is 1000. The number of rotatable bonds is 7. The predicted molar refractivity (Wildman–Crippen MR) is 104 cm³/mol. The van der Waals surface area contributed by atoms with Crippen molar-refractivity contribution in [2.45, 2.75) is 18.4 Å². The quantitative estimate of drug-likeness (QED) is 0.650. The van der Waals surface area contributed by atoms with Crippen LogP contribution in [0.2, 0.25) is 0 Å². The van der Waals surface area contributed by atoms with E-state index >= 15 is 0 Å². The summed E-state index contributed by atoms with van der Waals surface area (Å²) in [6.45, 7) is 2.40. The molecule has 0 aliphatic rings. The molecule has 0 fully saturated rings. The number of ether oxygens (including phenoxy) is 1. The highest BCUT2D eigenvalue weighted by atomic mass is 32.2. The van der Waals surface area contributed by atoms with Gasteiger partial charge in [-0.05, 0) is 54.4 Å². The molecule has 1 aromatic heterocycles. The van der Waals surface area contributed by atoms with Crippen molar-refractivity contribution in [3.63, 3.8) is 0 Å². The van der Waals surface area contributed by atoms with Gasteiger partial charge in [0.1, 0.15) is 11.6 Å². The first kappa shape index (κ1) is 18.7. The molecule has 0 aliphatic heterocycles. The summed E-state index contributed by atoms with van der Waals surface area (Å²) in [6, 6.07) is 17.6. The molecule has 0 aliphatic carbocycles. The largest absolute Gasteiger partial charge is 0.497 e. The minimum atomic E-state index is -3.70. The van der Waals surface area contributed by atoms with Gasteiger partial charge >= 0.3 is 0 Å². The smallest absolute Gasteiger partial charge is 0.263 e. The fourth-order valence-electron chi connectivity index (χ4n) is 2.40. The van der Waals surface area contributed by atoms with Crippen molar-refractivity contribution in [2.24, 2.45) is 0 Å². The van der Waals surface area contributed by atoms with Crippen LogP contribution < -0.4 is 14.8 Å². The van der Waals surface area contributed by atoms with E-state index in [1.165, 1.54) is 6.07 Å². The number of methoxy groups -OCH3 is 1. The van der Waals surface area contributed by atoms with Crippen molar-refractivity contribution < 1.29 is 13.2 Å². The van der Waals surface area contributed by atoms with E-state index in [0.717, 1.165) is 16.9 Å². The Hall–Kier alpha value is -3.13. The average molecular weight is 384 g/mol. The van der Waals surface area contributed by atoms with E-state index in [1.54, 1.807) is 31.4 Å². The normalized spacial score (nSPS) is 11.0. The van der Waals surface area contributed by atoms with Gasteiger partial charge in [0, 0.05) is 6.54 Å². The summed E-state index contributed by atoms with van der Waals surface area (Å²) in [4.78, 5) is 0.186. The Kier molecular flexibility index (Phi) is 5.56. The summed E-state index contributed by atoms with van der Waals surface area (Å²) in [5.74, 6) is 1.50. The van der Waals surface area contributed by atoms with Gasteiger partial charge in [0.25, 0.3) is 10.0 Å². The van der Waals surface area contributed by atoms with Crippen molar-refractivity contribution in [1.29, 1.82) is 0 Å². The summed E-state index contributed by atoms with van der Waals surface area (Å²) >= 11 is 0. The molecular formula is C19H20N4O3S. The standard InChI is InChI=1S/C19H20N4O3S/c1-14-4-3-5-17(12-14)27(24,25)23-19-11-10-18(21-22-19)20-13-15-6-8-16(26-2)9-7-15/h3-12H,13H2,1-2H3,(H,20,21)(H,22,23). The fraction of sp³-hybridized carbons (Fsp3) is 0.158. The van der Waals surface area contributed by atoms with E-state index in [-0.39, 0.29) is 10.7 Å². The Morgan fingerprint density at radius 1 is 0.963 bits per heavy atom. The van der Waals surface area contributed by atoms with Crippen LogP contribution in [-0.2, 0) is 16.6 Å². The molecular weight excluding hydrogens is 364 g/mol. The van der Waals surface area contributed by atoms with Gasteiger partial charge in [-0.25, -0.2) is 8.42 Å². The molecule has 0 bridgehead atoms. The summed E-state index contributed by atoms with van der Waals surface area (Å²) in [5, 5.41) is 11.1. The molecule has 0 unspecified atom stereocenters. The molecule has 27 heavy (non-hydrogen) atoms. The highest BCUT2D eigenvalue weighted by Gasteiger charge is 2.15. The molecule has 0 saturated carbocycles. The molecule has 0 spiro atoms. The minimum absolute atomic E-state index is 0.159. The first-order valence-corrected chi connectivity index (χ1v) is 9.74. The lowest BCUT2D eigenvalue weighted by Gasteiger charge is -2.09. The number of sulfonamides is 1. The van der Waals surface area contributed by atoms with Crippen LogP contribution in [0, 0.1) is 6.92 Å². The van der Waals surface area contributed by atoms with Crippen molar-refractivity contribution in [3.05, 3.63) is 71.8 Å². The summed E-state index contributed by atoms with van der Waals surface area (Å²) in [7, 11) is -2.07. The van der Waals surface area contributed by atoms with Gasteiger partial charge in [-0.15, -0.1) is 10.2 Å². The van der Waals surface area contributed by atoms with Crippen LogP contribution in [-0.4, -0.2) is 25.7 Å². The summed E-state index contributed by atoms with van der Waals surface area (Å²) in [5.41, 5.74) is 1.92. The number of benzene rings is 2. The number of hydrogen-bond donors (Lipinski definition) is 2. The van der Waals surface area contributed by atoms with Gasteiger partial charge in [0.05, 0.1) is 12.0 Å². The molecule has 3 rings (SSSR count). The fourth-order valence-corrected chi connectivity index (χ4v) is 3.50. The molecule has 0 radical (unpaired) electrons. The van der Waals surface area contributed by atoms with E-state index < -0.39 is 10.0 Å². The molecule has 2 aromatic carbocycles. The number of aryl methyl sites for hydroxylation is 1. The van der Waals surface area contributed by atoms with Crippen LogP contribution in [0.25, 0.3) is 0 Å². The van der Waals surface area contributed by atoms with E-state index in [2.05, 4.69) is 20.2 Å². The molecule has 1 heterocycles. The van der Waals surface area contributed by atoms with E-state index in [0.29, 0.717) is 12.4 Å². The van der Waals surface area contributed by atoms with Crippen LogP contribution in [0.3, 0.4) is 0 Å². The van der Waals surface area contributed by atoms with Gasteiger partial charge in [-0.2, -0.15) is 0 Å². The van der Waals surface area contributed by atoms with Gasteiger partial charge in [-0.3, -0.25) is 4.72 Å². The second-order valence-electron chi connectivity index (χ2n) is 5.93. The Morgan fingerprint density at radius 3 is 2.30 bits per heavy atom. The molecule has 3 aromatic rings. The van der Waals surface area contributed by atoms with Crippen molar-refractivity contribution in [1.82, 2.24) is 10.2 Å². The molecule has 2 N–H and O–H groups in total. The van der Waals surface area contributed by atoms with Crippen LogP contribution >= 0.6 is 0 Å². The zero-order valence-corrected chi connectivity index (χ0v) is 15.8. The van der Waals surface area contributed by atoms with Crippen LogP contribution in [0.15, 0.2) is 65.6 Å². The van der Waals surface area contributed by atoms with Crippen molar-refractivity contribution in [2.75, 3.05) is 17.1 Å². The molecule has 7 nitrogen and oxygen atoms in total. The number of hydrogen-bond acceptors (Lipinski definition) is 6. The molecule has 0 atom stereocenters. The van der Waals surface area contributed by atoms with Crippen LogP contribution in [0.1, 0.15) is 11.1 Å². The predicted octanol–water partition coefficient (Wildman–Crippen LogP) is 3.21. The van der Waals surface area contributed by atoms with Gasteiger partial charge in [0.15, 0.2) is 5.82 Å². The third kappa shape index (κ3) is 4.95. The Balaban J connectivity index is 1.62. The van der Waals surface area contributed by atoms with E-state index in [9.17, 15) is 8.42 Å². The number of aromatic nitrogens is 2. The maximum Gasteiger partial charge on any atom is 0.263 e. The lowest BCUT2D eigenvalue weighted by molar-refractivity contribution is 0.414. The maximum atomic E-state index is 12.4. The number of anilines is 2. The highest BCUT2D eigenvalue weighted by molar-refractivity contribution is 7.92. The van der Waals surface area contributed by atoms with E-state index in [4.69, 9.17) is 4.74 Å². The Labute approximate surface area is 158 Å². The van der Waals surface area contributed by atoms with E-state index in [1.807, 2.05) is 37.3 Å². The minimum Gasteiger partial charge on any atom is -0.497 e. The second-order valence-corrected chi connectivity index (χ2v) is 7.61. The van der Waals surface area contributed by atoms with Gasteiger partial charge in [0.2, 0.25) is 0 Å². The zero-order valence-electron chi connectivity index (χ0n) is 15.0. The third-order valence-electron chi connectivity index (χ3n) is 3.84. The molecule has 8 heteroatoms. The molecule has 0 saturated heterocycles. The van der Waals surface area contributed by atoms with Crippen LogP contribution in [0.5, 0.6) is 5.75 Å². The maximum absolute atomic E-state index is 12.4. The molecule has 140 valence electrons. The zero-order chi connectivity index (χ0) is 19.3. The van der Waals surface area contributed by atoms with Crippen LogP contribution in [0.4, 0.5) is 11.6 Å². The lowest BCUT2D eigenvalue weighted by Crippen LogP contribution is -2.14. The second kappa shape index (κ2) is 8.05. The summed E-state index contributed by atoms with van der Waals surface area (Å²) < 4.78 is 32.4. The Morgan fingerprint density at radius 2 is 1.67 bits per heavy atom. The number of nitrogens with zero attached hydrogens (tertiary/aromatic N) is 2. The lowest BCUT2D eigenvalue weighted by atomic mass is 10.2. The van der Waals surface area contributed by atoms with Gasteiger partial charge < -0.3 is 10.1 Å². The first-order chi connectivity index (χ1) is 13.0. The topological polar surface area (TPSA) is 93.2 Å². The monoisotopic (exact) mass is 384 g/mol. The molecule has 0 amide bonds.